The Morgan fingerprint density at radius 3 is 1.37 bits per heavy atom. The van der Waals surface area contributed by atoms with E-state index in [1.807, 2.05) is 30.3 Å². The molecule has 0 heterocycles. The van der Waals surface area contributed by atoms with E-state index >= 15 is 0 Å². The van der Waals surface area contributed by atoms with E-state index in [9.17, 15) is 38.7 Å². The van der Waals surface area contributed by atoms with Crippen molar-refractivity contribution in [1.82, 2.24) is 15.1 Å². The molecule has 17 heteroatoms. The molecule has 2 N–H and O–H groups in total. The number of carboxylic acid groups (broad SMARTS) is 1. The molecule has 0 saturated heterocycles. The molecule has 0 fully saturated rings. The van der Waals surface area contributed by atoms with E-state index in [1.165, 1.54) is 0 Å². The second kappa shape index (κ2) is 25.2. The van der Waals surface area contributed by atoms with Crippen LogP contribution < -0.4 is 10.1 Å². The van der Waals surface area contributed by atoms with Gasteiger partial charge < -0.3 is 38.8 Å². The SMILES string of the molecule is CC(C)(C)OC(=O)CC(CC(=O)OC(C)(C)C)[C@@H](COc1ccc(-c2ccccc2)cc1C(=O)NCC(=O)O)CN(CCN(CC(=O)OC(C)(C)C)CC(=O)OC(C)(C)C)CC(=O)OC(C)(C)C. The molecule has 0 unspecified atom stereocenters. The zero-order chi connectivity index (χ0) is 51.8. The lowest BCUT2D eigenvalue weighted by atomic mass is 9.86. The van der Waals surface area contributed by atoms with Crippen LogP contribution in [-0.2, 0) is 52.5 Å². The summed E-state index contributed by atoms with van der Waals surface area (Å²) in [5.41, 5.74) is -2.82. The van der Waals surface area contributed by atoms with Gasteiger partial charge in [-0.15, -0.1) is 0 Å². The second-order valence-electron chi connectivity index (χ2n) is 21.8. The highest BCUT2D eigenvalue weighted by Crippen LogP contribution is 2.31. The van der Waals surface area contributed by atoms with Crippen LogP contribution in [0.5, 0.6) is 5.75 Å². The van der Waals surface area contributed by atoms with Gasteiger partial charge in [-0.1, -0.05) is 36.4 Å². The number of carbonyl (C=O) groups excluding carboxylic acids is 6. The highest BCUT2D eigenvalue weighted by atomic mass is 16.6. The molecule has 2 aromatic carbocycles. The number of aliphatic carboxylic acids is 1. The Morgan fingerprint density at radius 2 is 0.941 bits per heavy atom. The van der Waals surface area contributed by atoms with Crippen LogP contribution in [0, 0.1) is 11.8 Å². The molecular formula is C51H77N3O14. The summed E-state index contributed by atoms with van der Waals surface area (Å²) in [6, 6.07) is 14.1. The Morgan fingerprint density at radius 1 is 0.529 bits per heavy atom. The Kier molecular flexibility index (Phi) is 21.7. The maximum atomic E-state index is 13.7. The number of amides is 1. The first-order valence-electron chi connectivity index (χ1n) is 22.9. The summed E-state index contributed by atoms with van der Waals surface area (Å²) in [5.74, 6) is -6.58. The molecule has 17 nitrogen and oxygen atoms in total. The third-order valence-electron chi connectivity index (χ3n) is 9.09. The van der Waals surface area contributed by atoms with E-state index in [4.69, 9.17) is 28.4 Å². The minimum absolute atomic E-state index is 0.0210. The Hall–Kier alpha value is -5.55. The molecule has 0 radical (unpaired) electrons. The Balaban J connectivity index is 2.81. The zero-order valence-corrected chi connectivity index (χ0v) is 43.0. The number of hydrogen-bond acceptors (Lipinski definition) is 15. The number of benzene rings is 2. The van der Waals surface area contributed by atoms with E-state index in [2.05, 4.69) is 5.32 Å². The number of carbonyl (C=O) groups is 7. The van der Waals surface area contributed by atoms with Crippen molar-refractivity contribution < 1.29 is 67.1 Å². The van der Waals surface area contributed by atoms with Gasteiger partial charge in [-0.3, -0.25) is 43.4 Å². The van der Waals surface area contributed by atoms with Crippen LogP contribution in [0.25, 0.3) is 11.1 Å². The summed E-state index contributed by atoms with van der Waals surface area (Å²) < 4.78 is 34.9. The first-order valence-corrected chi connectivity index (χ1v) is 22.9. The van der Waals surface area contributed by atoms with Gasteiger partial charge >= 0.3 is 35.8 Å². The molecule has 0 saturated carbocycles. The standard InChI is InChI=1S/C51H77N3O14/c1-47(2,3)64-41(57)26-36(27-42(58)65-48(4,5)6)37(33-63-39-22-21-35(34-19-17-16-18-20-34)25-38(39)46(62)52-28-40(55)56)29-53(30-43(59)66-49(7,8)9)23-24-54(31-44(60)67-50(10,11)12)32-45(61)68-51(13,14)15/h16-22,25,36-37H,23-24,26-33H2,1-15H3,(H,52,62)(H,55,56)/t37-/m1/s1. The van der Waals surface area contributed by atoms with Crippen molar-refractivity contribution in [3.05, 3.63) is 54.1 Å². The number of rotatable bonds is 23. The van der Waals surface area contributed by atoms with E-state index in [0.717, 1.165) is 5.56 Å². The molecule has 2 rings (SSSR count). The minimum Gasteiger partial charge on any atom is -0.492 e. The molecular weight excluding hydrogens is 879 g/mol. The van der Waals surface area contributed by atoms with Gasteiger partial charge in [-0.25, -0.2) is 0 Å². The minimum atomic E-state index is -1.26. The van der Waals surface area contributed by atoms with Crippen molar-refractivity contribution in [2.75, 3.05) is 52.4 Å². The Bertz CT molecular complexity index is 1960. The fourth-order valence-electron chi connectivity index (χ4n) is 6.76. The molecule has 68 heavy (non-hydrogen) atoms. The van der Waals surface area contributed by atoms with Gasteiger partial charge in [0.25, 0.3) is 5.91 Å². The van der Waals surface area contributed by atoms with Crippen LogP contribution in [-0.4, -0.2) is 137 Å². The molecule has 0 bridgehead atoms. The lowest BCUT2D eigenvalue weighted by Crippen LogP contribution is -2.47. The van der Waals surface area contributed by atoms with Gasteiger partial charge in [0.05, 0.1) is 31.8 Å². The third kappa shape index (κ3) is 25.5. The number of nitrogens with zero attached hydrogens (tertiary/aromatic N) is 2. The van der Waals surface area contributed by atoms with E-state index < -0.39 is 88.1 Å². The number of nitrogens with one attached hydrogen (secondary N) is 1. The van der Waals surface area contributed by atoms with Crippen LogP contribution in [0.1, 0.15) is 127 Å². The zero-order valence-electron chi connectivity index (χ0n) is 43.0. The fourth-order valence-corrected chi connectivity index (χ4v) is 6.76. The summed E-state index contributed by atoms with van der Waals surface area (Å²) in [4.78, 5) is 95.9. The highest BCUT2D eigenvalue weighted by Gasteiger charge is 2.34. The maximum absolute atomic E-state index is 13.7. The molecule has 0 aromatic heterocycles. The van der Waals surface area contributed by atoms with Gasteiger partial charge in [-0.2, -0.15) is 0 Å². The fraction of sp³-hybridized carbons (Fsp3) is 0.627. The molecule has 2 aromatic rings. The number of carboxylic acids is 1. The lowest BCUT2D eigenvalue weighted by Gasteiger charge is -2.34. The molecule has 0 spiro atoms. The summed E-state index contributed by atoms with van der Waals surface area (Å²) in [5, 5.41) is 11.8. The molecule has 1 amide bonds. The van der Waals surface area contributed by atoms with Crippen molar-refractivity contribution in [3.63, 3.8) is 0 Å². The Labute approximate surface area is 402 Å². The van der Waals surface area contributed by atoms with Crippen LogP contribution in [0.4, 0.5) is 0 Å². The predicted molar refractivity (Wildman–Crippen MR) is 256 cm³/mol. The summed E-state index contributed by atoms with van der Waals surface area (Å²) in [6.07, 6.45) is -0.569. The average molecular weight is 956 g/mol. The average Bonchev–Trinajstić information content (AvgIpc) is 3.13. The van der Waals surface area contributed by atoms with Crippen LogP contribution >= 0.6 is 0 Å². The molecule has 0 aliphatic carbocycles. The summed E-state index contributed by atoms with van der Waals surface area (Å²) in [7, 11) is 0. The quantitative estimate of drug-likeness (QED) is 0.0859. The number of esters is 5. The maximum Gasteiger partial charge on any atom is 0.322 e. The highest BCUT2D eigenvalue weighted by molar-refractivity contribution is 5.99. The van der Waals surface area contributed by atoms with Gasteiger partial charge in [-0.05, 0) is 133 Å². The molecule has 0 aliphatic rings. The monoisotopic (exact) mass is 956 g/mol. The van der Waals surface area contributed by atoms with E-state index in [0.29, 0.717) is 5.56 Å². The second-order valence-corrected chi connectivity index (χ2v) is 21.8. The molecule has 0 aliphatic heterocycles. The first kappa shape index (κ1) is 58.6. The molecule has 1 atom stereocenters. The number of ether oxygens (including phenoxy) is 6. The van der Waals surface area contributed by atoms with E-state index in [1.54, 1.807) is 132 Å². The predicted octanol–water partition coefficient (Wildman–Crippen LogP) is 6.87. The van der Waals surface area contributed by atoms with Crippen molar-refractivity contribution >= 4 is 41.7 Å². The van der Waals surface area contributed by atoms with Gasteiger partial charge in [0.15, 0.2) is 0 Å². The topological polar surface area (TPSA) is 214 Å². The first-order chi connectivity index (χ1) is 31.1. The van der Waals surface area contributed by atoms with Crippen LogP contribution in [0.15, 0.2) is 48.5 Å². The normalized spacial score (nSPS) is 12.9. The van der Waals surface area contributed by atoms with Crippen molar-refractivity contribution in [2.24, 2.45) is 11.8 Å². The number of hydrogen-bond donors (Lipinski definition) is 2. The largest absolute Gasteiger partial charge is 0.492 e. The smallest absolute Gasteiger partial charge is 0.322 e. The van der Waals surface area contributed by atoms with Crippen LogP contribution in [0.3, 0.4) is 0 Å². The summed E-state index contributed by atoms with van der Waals surface area (Å²) in [6.45, 7) is 24.0. The van der Waals surface area contributed by atoms with Crippen molar-refractivity contribution in [3.8, 4) is 16.9 Å². The summed E-state index contributed by atoms with van der Waals surface area (Å²) >= 11 is 0. The van der Waals surface area contributed by atoms with E-state index in [-0.39, 0.29) is 70.0 Å². The third-order valence-corrected chi connectivity index (χ3v) is 9.09. The molecule has 380 valence electrons. The van der Waals surface area contributed by atoms with Crippen molar-refractivity contribution in [1.29, 1.82) is 0 Å². The van der Waals surface area contributed by atoms with Gasteiger partial charge in [0, 0.05) is 38.4 Å². The lowest BCUT2D eigenvalue weighted by molar-refractivity contribution is -0.162. The van der Waals surface area contributed by atoms with Crippen molar-refractivity contribution in [2.45, 2.75) is 145 Å². The van der Waals surface area contributed by atoms with Gasteiger partial charge in [0.1, 0.15) is 40.3 Å². The van der Waals surface area contributed by atoms with Crippen LogP contribution in [0.2, 0.25) is 0 Å². The van der Waals surface area contributed by atoms with Gasteiger partial charge in [0.2, 0.25) is 0 Å².